The number of pyridine rings is 1. The molecule has 2 rings (SSSR count). The van der Waals surface area contributed by atoms with E-state index in [0.29, 0.717) is 4.60 Å². The van der Waals surface area contributed by atoms with Gasteiger partial charge in [-0.25, -0.2) is 14.2 Å². The van der Waals surface area contributed by atoms with Gasteiger partial charge in [-0.2, -0.15) is 0 Å². The summed E-state index contributed by atoms with van der Waals surface area (Å²) in [6.45, 7) is 3.83. The van der Waals surface area contributed by atoms with Gasteiger partial charge in [-0.05, 0) is 48.8 Å². The second kappa shape index (κ2) is 7.25. The van der Waals surface area contributed by atoms with Crippen LogP contribution >= 0.6 is 15.9 Å². The highest BCUT2D eigenvalue weighted by atomic mass is 79.9. The number of likely N-dealkylation sites (tertiary alicyclic amines) is 1. The molecule has 1 saturated heterocycles. The number of aliphatic hydroxyl groups is 1. The Bertz CT molecular complexity index is 667. The van der Waals surface area contributed by atoms with Crippen LogP contribution < -0.4 is 5.32 Å². The van der Waals surface area contributed by atoms with Crippen LogP contribution in [-0.4, -0.2) is 57.5 Å². The Kier molecular flexibility index (Phi) is 5.68. The molecule has 7 nitrogen and oxygen atoms in total. The second-order valence-corrected chi connectivity index (χ2v) is 7.78. The van der Waals surface area contributed by atoms with Crippen molar-refractivity contribution in [3.63, 3.8) is 0 Å². The summed E-state index contributed by atoms with van der Waals surface area (Å²) in [6.07, 6.45) is -1.12. The Hall–Kier alpha value is -1.74. The number of nitrogens with zero attached hydrogens (tertiary/aromatic N) is 2. The van der Waals surface area contributed by atoms with Crippen LogP contribution in [0.1, 0.15) is 27.2 Å². The topological polar surface area (TPSA) is 91.8 Å². The van der Waals surface area contributed by atoms with Crippen LogP contribution in [0, 0.1) is 0 Å². The van der Waals surface area contributed by atoms with Crippen LogP contribution in [0.5, 0.6) is 0 Å². The summed E-state index contributed by atoms with van der Waals surface area (Å²) in [5, 5.41) is 11.8. The Labute approximate surface area is 153 Å². The molecule has 0 saturated carbocycles. The summed E-state index contributed by atoms with van der Waals surface area (Å²) in [5.74, 6) is -0.326. The molecule has 2 heterocycles. The molecule has 9 heteroatoms. The van der Waals surface area contributed by atoms with Crippen molar-refractivity contribution in [3.05, 3.63) is 22.8 Å². The van der Waals surface area contributed by atoms with Gasteiger partial charge in [-0.15, -0.1) is 0 Å². The van der Waals surface area contributed by atoms with Crippen LogP contribution in [0.15, 0.2) is 22.8 Å². The van der Waals surface area contributed by atoms with Gasteiger partial charge in [-0.1, -0.05) is 6.07 Å². The maximum absolute atomic E-state index is 14.6. The SMILES string of the molecule is CC(C)(C)OC(=O)N1C[C@@](F)(CO)C[C@H]1C(=O)Nc1cccc(Br)n1. The van der Waals surface area contributed by atoms with Gasteiger partial charge in [0, 0.05) is 6.42 Å². The first-order chi connectivity index (χ1) is 11.5. The highest BCUT2D eigenvalue weighted by Gasteiger charge is 2.50. The minimum Gasteiger partial charge on any atom is -0.444 e. The summed E-state index contributed by atoms with van der Waals surface area (Å²) in [6, 6.07) is 3.84. The summed E-state index contributed by atoms with van der Waals surface area (Å²) >= 11 is 3.19. The summed E-state index contributed by atoms with van der Waals surface area (Å²) < 4.78 is 20.4. The third-order valence-electron chi connectivity index (χ3n) is 3.57. The Balaban J connectivity index is 2.19. The first kappa shape index (κ1) is 19.6. The summed E-state index contributed by atoms with van der Waals surface area (Å²) in [7, 11) is 0. The van der Waals surface area contributed by atoms with E-state index in [1.807, 2.05) is 0 Å². The Morgan fingerprint density at radius 2 is 2.20 bits per heavy atom. The molecule has 0 unspecified atom stereocenters. The lowest BCUT2D eigenvalue weighted by Gasteiger charge is -2.27. The Morgan fingerprint density at radius 3 is 2.76 bits per heavy atom. The van der Waals surface area contributed by atoms with E-state index in [-0.39, 0.29) is 12.2 Å². The lowest BCUT2D eigenvalue weighted by atomic mass is 10.0. The second-order valence-electron chi connectivity index (χ2n) is 6.97. The number of amides is 2. The van der Waals surface area contributed by atoms with E-state index in [2.05, 4.69) is 26.2 Å². The standard InChI is InChI=1S/C16H21BrFN3O4/c1-15(2,3)25-14(24)21-8-16(18,9-22)7-10(21)13(23)20-12-6-4-5-11(17)19-12/h4-6,10,22H,7-9H2,1-3H3,(H,19,20,23)/t10-,16+/m0/s1. The fraction of sp³-hybridized carbons (Fsp3) is 0.562. The van der Waals surface area contributed by atoms with Crippen LogP contribution in [-0.2, 0) is 9.53 Å². The van der Waals surface area contributed by atoms with Gasteiger partial charge in [-0.3, -0.25) is 9.69 Å². The first-order valence-corrected chi connectivity index (χ1v) is 8.55. The number of ether oxygens (including phenoxy) is 1. The van der Waals surface area contributed by atoms with Crippen molar-refractivity contribution in [1.82, 2.24) is 9.88 Å². The van der Waals surface area contributed by atoms with Gasteiger partial charge >= 0.3 is 6.09 Å². The number of hydrogen-bond donors (Lipinski definition) is 2. The zero-order chi connectivity index (χ0) is 18.8. The maximum atomic E-state index is 14.6. The average Bonchev–Trinajstić information content (AvgIpc) is 2.85. The smallest absolute Gasteiger partial charge is 0.411 e. The average molecular weight is 418 g/mol. The van der Waals surface area contributed by atoms with Gasteiger partial charge in [0.25, 0.3) is 0 Å². The zero-order valence-electron chi connectivity index (χ0n) is 14.3. The van der Waals surface area contributed by atoms with Gasteiger partial charge in [0.2, 0.25) is 5.91 Å². The molecule has 0 radical (unpaired) electrons. The fourth-order valence-electron chi connectivity index (χ4n) is 2.49. The predicted molar refractivity (Wildman–Crippen MR) is 92.8 cm³/mol. The molecule has 1 aliphatic rings. The van der Waals surface area contributed by atoms with Gasteiger partial charge in [0.15, 0.2) is 5.67 Å². The van der Waals surface area contributed by atoms with Crippen LogP contribution in [0.4, 0.5) is 15.0 Å². The molecule has 2 N–H and O–H groups in total. The molecule has 0 aromatic carbocycles. The number of hydrogen-bond acceptors (Lipinski definition) is 5. The number of carbonyl (C=O) groups is 2. The predicted octanol–water partition coefficient (Wildman–Crippen LogP) is 2.49. The number of alkyl halides is 1. The first-order valence-electron chi connectivity index (χ1n) is 7.76. The van der Waals surface area contributed by atoms with Gasteiger partial charge in [0.1, 0.15) is 22.1 Å². The van der Waals surface area contributed by atoms with Crippen molar-refractivity contribution in [3.8, 4) is 0 Å². The molecule has 1 aromatic rings. The molecule has 0 aliphatic carbocycles. The number of rotatable bonds is 3. The third kappa shape index (κ3) is 5.12. The molecular formula is C16H21BrFN3O4. The normalized spacial score (nSPS) is 23.4. The molecule has 0 bridgehead atoms. The fourth-order valence-corrected chi connectivity index (χ4v) is 2.83. The van der Waals surface area contributed by atoms with E-state index >= 15 is 0 Å². The van der Waals surface area contributed by atoms with E-state index in [9.17, 15) is 19.1 Å². The van der Waals surface area contributed by atoms with E-state index < -0.39 is 42.5 Å². The number of aliphatic hydroxyl groups excluding tert-OH is 1. The lowest BCUT2D eigenvalue weighted by molar-refractivity contribution is -0.120. The highest BCUT2D eigenvalue weighted by Crippen LogP contribution is 2.32. The molecule has 1 aromatic heterocycles. The largest absolute Gasteiger partial charge is 0.444 e. The molecular weight excluding hydrogens is 397 g/mol. The number of carbonyl (C=O) groups excluding carboxylic acids is 2. The Morgan fingerprint density at radius 1 is 1.52 bits per heavy atom. The molecule has 2 atom stereocenters. The highest BCUT2D eigenvalue weighted by molar-refractivity contribution is 9.10. The van der Waals surface area contributed by atoms with E-state index in [4.69, 9.17) is 4.74 Å². The van der Waals surface area contributed by atoms with Crippen molar-refractivity contribution in [2.45, 2.75) is 44.5 Å². The van der Waals surface area contributed by atoms with Crippen molar-refractivity contribution in [1.29, 1.82) is 0 Å². The minimum absolute atomic E-state index is 0.267. The van der Waals surface area contributed by atoms with Crippen LogP contribution in [0.25, 0.3) is 0 Å². The zero-order valence-corrected chi connectivity index (χ0v) is 15.8. The van der Waals surface area contributed by atoms with Gasteiger partial charge in [0.05, 0.1) is 13.2 Å². The molecule has 1 aliphatic heterocycles. The van der Waals surface area contributed by atoms with Crippen molar-refractivity contribution in [2.75, 3.05) is 18.5 Å². The number of aromatic nitrogens is 1. The molecule has 2 amide bonds. The van der Waals surface area contributed by atoms with Crippen molar-refractivity contribution in [2.24, 2.45) is 0 Å². The van der Waals surface area contributed by atoms with Crippen LogP contribution in [0.2, 0.25) is 0 Å². The number of anilines is 1. The van der Waals surface area contributed by atoms with Crippen molar-refractivity contribution < 1.29 is 23.8 Å². The van der Waals surface area contributed by atoms with E-state index in [0.717, 1.165) is 4.90 Å². The van der Waals surface area contributed by atoms with Crippen LogP contribution in [0.3, 0.4) is 0 Å². The van der Waals surface area contributed by atoms with Gasteiger partial charge < -0.3 is 15.2 Å². The summed E-state index contributed by atoms with van der Waals surface area (Å²) in [5.41, 5.74) is -2.84. The number of halogens is 2. The van der Waals surface area contributed by atoms with E-state index in [1.165, 1.54) is 0 Å². The monoisotopic (exact) mass is 417 g/mol. The lowest BCUT2D eigenvalue weighted by Crippen LogP contribution is -2.45. The maximum Gasteiger partial charge on any atom is 0.411 e. The van der Waals surface area contributed by atoms with Crippen molar-refractivity contribution >= 4 is 33.7 Å². The van der Waals surface area contributed by atoms with E-state index in [1.54, 1.807) is 39.0 Å². The molecule has 138 valence electrons. The minimum atomic E-state index is -2.05. The molecule has 25 heavy (non-hydrogen) atoms. The quantitative estimate of drug-likeness (QED) is 0.737. The summed E-state index contributed by atoms with van der Waals surface area (Å²) in [4.78, 5) is 30.0. The third-order valence-corrected chi connectivity index (χ3v) is 4.01. The molecule has 1 fully saturated rings. The number of nitrogens with one attached hydrogen (secondary N) is 1. The molecule has 0 spiro atoms.